The summed E-state index contributed by atoms with van der Waals surface area (Å²) in [4.78, 5) is 0. The number of hydrogen-bond acceptors (Lipinski definition) is 2. The van der Waals surface area contributed by atoms with E-state index in [1.165, 1.54) is 0 Å². The lowest BCUT2D eigenvalue weighted by Gasteiger charge is -2.07. The minimum absolute atomic E-state index is 0.585. The summed E-state index contributed by atoms with van der Waals surface area (Å²) in [6, 6.07) is 0. The summed E-state index contributed by atoms with van der Waals surface area (Å²) in [7, 11) is 0. The average Bonchev–Trinajstić information content (AvgIpc) is 2.00. The van der Waals surface area contributed by atoms with Gasteiger partial charge < -0.3 is 10.2 Å². The highest BCUT2D eigenvalue weighted by Crippen LogP contribution is 2.03. The second kappa shape index (κ2) is 6.01. The van der Waals surface area contributed by atoms with E-state index >= 15 is 0 Å². The van der Waals surface area contributed by atoms with Gasteiger partial charge in [-0.05, 0) is 26.7 Å². The summed E-state index contributed by atoms with van der Waals surface area (Å²) in [5.74, 6) is 5.24. The van der Waals surface area contributed by atoms with E-state index in [1.54, 1.807) is 13.8 Å². The van der Waals surface area contributed by atoms with Gasteiger partial charge in [-0.1, -0.05) is 31.6 Å². The molecule has 2 N–H and O–H groups in total. The summed E-state index contributed by atoms with van der Waals surface area (Å²) < 4.78 is 0. The lowest BCUT2D eigenvalue weighted by Crippen LogP contribution is -2.16. The highest BCUT2D eigenvalue weighted by molar-refractivity contribution is 5.13. The van der Waals surface area contributed by atoms with E-state index in [0.29, 0.717) is 6.42 Å². The molecule has 0 aromatic heterocycles. The fourth-order valence-corrected chi connectivity index (χ4v) is 0.920. The van der Waals surface area contributed by atoms with Gasteiger partial charge in [-0.25, -0.2) is 0 Å². The van der Waals surface area contributed by atoms with Crippen LogP contribution in [0.5, 0.6) is 0 Å². The maximum atomic E-state index is 9.35. The van der Waals surface area contributed by atoms with Crippen molar-refractivity contribution in [2.45, 2.75) is 58.2 Å². The van der Waals surface area contributed by atoms with E-state index in [0.717, 1.165) is 19.3 Å². The fourth-order valence-electron chi connectivity index (χ4n) is 0.920. The normalized spacial score (nSPS) is 13.3. The summed E-state index contributed by atoms with van der Waals surface area (Å²) in [5, 5.41) is 18.6. The van der Waals surface area contributed by atoms with E-state index in [4.69, 9.17) is 0 Å². The van der Waals surface area contributed by atoms with Crippen LogP contribution in [-0.4, -0.2) is 21.9 Å². The van der Waals surface area contributed by atoms with Crippen molar-refractivity contribution in [1.29, 1.82) is 0 Å². The first-order valence-electron chi connectivity index (χ1n) is 4.89. The molecule has 76 valence electrons. The molecule has 1 unspecified atom stereocenters. The van der Waals surface area contributed by atoms with Crippen LogP contribution in [0.1, 0.15) is 46.5 Å². The predicted molar refractivity (Wildman–Crippen MR) is 54.2 cm³/mol. The number of rotatable bonds is 4. The molecular formula is C11H20O2. The molecule has 0 saturated heterocycles. The monoisotopic (exact) mass is 184 g/mol. The van der Waals surface area contributed by atoms with Crippen molar-refractivity contribution in [3.8, 4) is 11.8 Å². The molecule has 0 aliphatic rings. The molecule has 0 bridgehead atoms. The van der Waals surface area contributed by atoms with Crippen molar-refractivity contribution < 1.29 is 10.2 Å². The average molecular weight is 184 g/mol. The van der Waals surface area contributed by atoms with Crippen LogP contribution in [0, 0.1) is 11.8 Å². The summed E-state index contributed by atoms with van der Waals surface area (Å²) >= 11 is 0. The van der Waals surface area contributed by atoms with E-state index in [2.05, 4.69) is 18.8 Å². The van der Waals surface area contributed by atoms with Crippen LogP contribution in [0.15, 0.2) is 0 Å². The quantitative estimate of drug-likeness (QED) is 0.515. The van der Waals surface area contributed by atoms with Gasteiger partial charge >= 0.3 is 0 Å². The van der Waals surface area contributed by atoms with Crippen LogP contribution in [0.2, 0.25) is 0 Å². The number of unbranched alkanes of at least 4 members (excludes halogenated alkanes) is 2. The van der Waals surface area contributed by atoms with Crippen LogP contribution < -0.4 is 0 Å². The van der Waals surface area contributed by atoms with Gasteiger partial charge in [-0.15, -0.1) is 0 Å². The summed E-state index contributed by atoms with van der Waals surface area (Å²) in [6.45, 7) is 5.34. The Hall–Kier alpha value is -0.520. The number of aliphatic hydroxyl groups excluding tert-OH is 1. The highest BCUT2D eigenvalue weighted by atomic mass is 16.3. The molecule has 0 amide bonds. The third-order valence-corrected chi connectivity index (χ3v) is 1.63. The minimum atomic E-state index is -0.994. The van der Waals surface area contributed by atoms with Crippen molar-refractivity contribution in [2.75, 3.05) is 0 Å². The molecule has 0 aromatic rings. The second-order valence-corrected chi connectivity index (χ2v) is 3.84. The lowest BCUT2D eigenvalue weighted by molar-refractivity contribution is 0.142. The summed E-state index contributed by atoms with van der Waals surface area (Å²) in [5.41, 5.74) is -0.994. The van der Waals surface area contributed by atoms with Gasteiger partial charge in [0.25, 0.3) is 0 Å². The molecule has 0 spiro atoms. The van der Waals surface area contributed by atoms with E-state index in [1.807, 2.05) is 0 Å². The lowest BCUT2D eigenvalue weighted by atomic mass is 10.1. The molecule has 0 aliphatic heterocycles. The summed E-state index contributed by atoms with van der Waals surface area (Å²) in [6.07, 6.45) is 3.39. The Labute approximate surface area is 81.0 Å². The molecule has 13 heavy (non-hydrogen) atoms. The van der Waals surface area contributed by atoms with Gasteiger partial charge in [0.2, 0.25) is 0 Å². The standard InChI is InChI=1S/C11H20O2/c1-4-5-6-7-10(12)8-9-11(2,3)13/h10,12-13H,4-7H2,1-3H3. The number of hydrogen-bond donors (Lipinski definition) is 2. The Balaban J connectivity index is 3.71. The van der Waals surface area contributed by atoms with Gasteiger partial charge in [-0.2, -0.15) is 0 Å². The SMILES string of the molecule is CCCCCC(O)C#CC(C)(C)O. The first kappa shape index (κ1) is 12.5. The maximum Gasteiger partial charge on any atom is 0.120 e. The van der Waals surface area contributed by atoms with Gasteiger partial charge in [-0.3, -0.25) is 0 Å². The fraction of sp³-hybridized carbons (Fsp3) is 0.818. The largest absolute Gasteiger partial charge is 0.380 e. The zero-order valence-corrected chi connectivity index (χ0v) is 8.80. The van der Waals surface area contributed by atoms with Gasteiger partial charge in [0, 0.05) is 0 Å². The molecule has 0 fully saturated rings. The van der Waals surface area contributed by atoms with Crippen molar-refractivity contribution in [2.24, 2.45) is 0 Å². The molecule has 0 radical (unpaired) electrons. The minimum Gasteiger partial charge on any atom is -0.380 e. The van der Waals surface area contributed by atoms with Crippen LogP contribution in [0.3, 0.4) is 0 Å². The van der Waals surface area contributed by atoms with Crippen LogP contribution in [-0.2, 0) is 0 Å². The van der Waals surface area contributed by atoms with Crippen LogP contribution in [0.25, 0.3) is 0 Å². The second-order valence-electron chi connectivity index (χ2n) is 3.84. The molecule has 0 heterocycles. The Morgan fingerprint density at radius 3 is 2.38 bits per heavy atom. The first-order chi connectivity index (χ1) is 5.95. The van der Waals surface area contributed by atoms with Crippen molar-refractivity contribution in [3.63, 3.8) is 0 Å². The zero-order valence-electron chi connectivity index (χ0n) is 8.80. The molecule has 1 atom stereocenters. The molecule has 0 rings (SSSR count). The Morgan fingerprint density at radius 2 is 1.92 bits per heavy atom. The maximum absolute atomic E-state index is 9.35. The van der Waals surface area contributed by atoms with Crippen molar-refractivity contribution in [1.82, 2.24) is 0 Å². The van der Waals surface area contributed by atoms with E-state index in [-0.39, 0.29) is 0 Å². The molecule has 2 nitrogen and oxygen atoms in total. The molecule has 0 aliphatic carbocycles. The topological polar surface area (TPSA) is 40.5 Å². The first-order valence-corrected chi connectivity index (χ1v) is 4.89. The van der Waals surface area contributed by atoms with Crippen LogP contribution in [0.4, 0.5) is 0 Å². The Morgan fingerprint density at radius 1 is 1.31 bits per heavy atom. The third-order valence-electron chi connectivity index (χ3n) is 1.63. The van der Waals surface area contributed by atoms with Gasteiger partial charge in [0.15, 0.2) is 0 Å². The number of aliphatic hydroxyl groups is 2. The molecule has 0 saturated carbocycles. The van der Waals surface area contributed by atoms with Gasteiger partial charge in [0.1, 0.15) is 11.7 Å². The Kier molecular flexibility index (Phi) is 5.77. The highest BCUT2D eigenvalue weighted by Gasteiger charge is 2.07. The third kappa shape index (κ3) is 9.39. The predicted octanol–water partition coefficient (Wildman–Crippen LogP) is 1.70. The smallest absolute Gasteiger partial charge is 0.120 e. The van der Waals surface area contributed by atoms with E-state index in [9.17, 15) is 10.2 Å². The van der Waals surface area contributed by atoms with Crippen molar-refractivity contribution >= 4 is 0 Å². The van der Waals surface area contributed by atoms with Gasteiger partial charge in [0.05, 0.1) is 0 Å². The van der Waals surface area contributed by atoms with Crippen molar-refractivity contribution in [3.05, 3.63) is 0 Å². The van der Waals surface area contributed by atoms with E-state index < -0.39 is 11.7 Å². The molecular weight excluding hydrogens is 164 g/mol. The van der Waals surface area contributed by atoms with Crippen LogP contribution >= 0.6 is 0 Å². The molecule has 2 heteroatoms. The molecule has 0 aromatic carbocycles. The Bertz CT molecular complexity index is 180. The zero-order chi connectivity index (χ0) is 10.3.